The SMILES string of the molecule is O=C1OC[C@H](Cc2ccccc2)N1C(=O)[C@H]([C@@H](O)c1ccc(Cl)cc1)C(F)(F)F. The molecular weight excluding hydrogens is 411 g/mol. The standard InChI is InChI=1S/C20H17ClF3NO4/c21-14-8-6-13(7-9-14)17(26)16(20(22,23)24)18(27)25-15(11-29-19(25)28)10-12-4-2-1-3-5-12/h1-9,15-17,26H,10-11H2/t15-,16-,17-/m0/s1. The Bertz CT molecular complexity index is 874. The highest BCUT2D eigenvalue weighted by Gasteiger charge is 2.54. The topological polar surface area (TPSA) is 66.8 Å². The molecule has 0 spiro atoms. The molecule has 3 rings (SSSR count). The number of carbonyl (C=O) groups is 2. The molecule has 1 fully saturated rings. The van der Waals surface area contributed by atoms with Gasteiger partial charge in [-0.15, -0.1) is 0 Å². The number of hydrogen-bond donors (Lipinski definition) is 1. The minimum atomic E-state index is -5.09. The number of nitrogens with zero attached hydrogens (tertiary/aromatic N) is 1. The Morgan fingerprint density at radius 1 is 1.17 bits per heavy atom. The normalized spacial score (nSPS) is 19.0. The van der Waals surface area contributed by atoms with Gasteiger partial charge in [-0.3, -0.25) is 4.79 Å². The summed E-state index contributed by atoms with van der Waals surface area (Å²) in [5, 5.41) is 10.6. The van der Waals surface area contributed by atoms with Crippen molar-refractivity contribution in [2.75, 3.05) is 6.61 Å². The lowest BCUT2D eigenvalue weighted by molar-refractivity contribution is -0.207. The van der Waals surface area contributed by atoms with Gasteiger partial charge in [-0.1, -0.05) is 54.1 Å². The average Bonchev–Trinajstić information content (AvgIpc) is 3.02. The van der Waals surface area contributed by atoms with Gasteiger partial charge in [-0.25, -0.2) is 9.69 Å². The molecular formula is C20H17ClF3NO4. The Morgan fingerprint density at radius 3 is 2.38 bits per heavy atom. The van der Waals surface area contributed by atoms with Crippen molar-refractivity contribution in [2.45, 2.75) is 24.7 Å². The van der Waals surface area contributed by atoms with Crippen LogP contribution in [0.3, 0.4) is 0 Å². The van der Waals surface area contributed by atoms with Gasteiger partial charge >= 0.3 is 12.3 Å². The number of carbonyl (C=O) groups excluding carboxylic acids is 2. The lowest BCUT2D eigenvalue weighted by atomic mass is 9.93. The third-order valence-corrected chi connectivity index (χ3v) is 4.91. The number of halogens is 4. The van der Waals surface area contributed by atoms with Crippen LogP contribution in [0.15, 0.2) is 54.6 Å². The molecule has 2 amide bonds. The van der Waals surface area contributed by atoms with Gasteiger partial charge in [-0.05, 0) is 29.7 Å². The summed E-state index contributed by atoms with van der Waals surface area (Å²) in [5.74, 6) is -4.38. The minimum Gasteiger partial charge on any atom is -0.447 e. The van der Waals surface area contributed by atoms with Crippen molar-refractivity contribution in [3.63, 3.8) is 0 Å². The molecule has 0 aromatic heterocycles. The molecule has 1 aliphatic rings. The third-order valence-electron chi connectivity index (χ3n) is 4.66. The van der Waals surface area contributed by atoms with Gasteiger partial charge in [0.15, 0.2) is 5.92 Å². The van der Waals surface area contributed by atoms with Gasteiger partial charge in [-0.2, -0.15) is 13.2 Å². The average molecular weight is 428 g/mol. The molecule has 0 bridgehead atoms. The number of ether oxygens (including phenoxy) is 1. The van der Waals surface area contributed by atoms with Crippen molar-refractivity contribution >= 4 is 23.6 Å². The lowest BCUT2D eigenvalue weighted by Gasteiger charge is -2.29. The van der Waals surface area contributed by atoms with Crippen LogP contribution in [-0.4, -0.2) is 40.8 Å². The van der Waals surface area contributed by atoms with E-state index in [4.69, 9.17) is 16.3 Å². The number of benzene rings is 2. The van der Waals surface area contributed by atoms with Crippen LogP contribution in [0.5, 0.6) is 0 Å². The smallest absolute Gasteiger partial charge is 0.417 e. The van der Waals surface area contributed by atoms with Crippen molar-refractivity contribution < 1.29 is 32.6 Å². The molecule has 3 atom stereocenters. The first kappa shape index (κ1) is 21.1. The summed E-state index contributed by atoms with van der Waals surface area (Å²) in [7, 11) is 0. The van der Waals surface area contributed by atoms with E-state index in [0.29, 0.717) is 4.90 Å². The molecule has 2 aromatic rings. The molecule has 0 unspecified atom stereocenters. The van der Waals surface area contributed by atoms with E-state index >= 15 is 0 Å². The Balaban J connectivity index is 1.89. The van der Waals surface area contributed by atoms with Gasteiger partial charge in [0, 0.05) is 5.02 Å². The van der Waals surface area contributed by atoms with Gasteiger partial charge in [0.05, 0.1) is 12.1 Å². The van der Waals surface area contributed by atoms with Crippen molar-refractivity contribution in [2.24, 2.45) is 5.92 Å². The van der Waals surface area contributed by atoms with Crippen LogP contribution in [0.25, 0.3) is 0 Å². The monoisotopic (exact) mass is 427 g/mol. The van der Waals surface area contributed by atoms with E-state index < -0.39 is 36.2 Å². The molecule has 0 radical (unpaired) electrons. The number of alkyl halides is 3. The number of hydrogen-bond acceptors (Lipinski definition) is 4. The molecule has 154 valence electrons. The maximum Gasteiger partial charge on any atom is 0.417 e. The highest BCUT2D eigenvalue weighted by molar-refractivity contribution is 6.30. The highest BCUT2D eigenvalue weighted by atomic mass is 35.5. The first-order valence-electron chi connectivity index (χ1n) is 8.72. The Labute approximate surface area is 169 Å². The van der Waals surface area contributed by atoms with Crippen LogP contribution in [-0.2, 0) is 16.0 Å². The fourth-order valence-corrected chi connectivity index (χ4v) is 3.35. The molecule has 0 aliphatic carbocycles. The fraction of sp³-hybridized carbons (Fsp3) is 0.300. The van der Waals surface area contributed by atoms with Crippen LogP contribution >= 0.6 is 11.6 Å². The van der Waals surface area contributed by atoms with Crippen LogP contribution in [0.4, 0.5) is 18.0 Å². The maximum atomic E-state index is 13.7. The molecule has 1 heterocycles. The predicted octanol–water partition coefficient (Wildman–Crippen LogP) is 4.14. The van der Waals surface area contributed by atoms with E-state index in [1.54, 1.807) is 30.3 Å². The summed E-state index contributed by atoms with van der Waals surface area (Å²) in [6, 6.07) is 12.8. The number of cyclic esters (lactones) is 1. The second-order valence-corrected chi connectivity index (χ2v) is 7.08. The zero-order chi connectivity index (χ0) is 21.2. The molecule has 9 heteroatoms. The summed E-state index contributed by atoms with van der Waals surface area (Å²) in [6.07, 6.45) is -8.31. The second kappa shape index (κ2) is 8.42. The van der Waals surface area contributed by atoms with Crippen molar-refractivity contribution in [1.29, 1.82) is 0 Å². The number of amides is 2. The van der Waals surface area contributed by atoms with Gasteiger partial charge in [0.25, 0.3) is 0 Å². The summed E-state index contributed by atoms with van der Waals surface area (Å²) in [4.78, 5) is 25.3. The molecule has 2 aromatic carbocycles. The molecule has 29 heavy (non-hydrogen) atoms. The van der Waals surface area contributed by atoms with E-state index in [1.807, 2.05) is 0 Å². The van der Waals surface area contributed by atoms with E-state index in [1.165, 1.54) is 24.3 Å². The highest BCUT2D eigenvalue weighted by Crippen LogP contribution is 2.39. The maximum absolute atomic E-state index is 13.7. The number of imide groups is 1. The molecule has 1 N–H and O–H groups in total. The first-order valence-corrected chi connectivity index (χ1v) is 9.10. The van der Waals surface area contributed by atoms with E-state index in [2.05, 4.69) is 0 Å². The van der Waals surface area contributed by atoms with Crippen LogP contribution in [0.1, 0.15) is 17.2 Å². The molecule has 1 saturated heterocycles. The van der Waals surface area contributed by atoms with E-state index in [-0.39, 0.29) is 23.6 Å². The minimum absolute atomic E-state index is 0.139. The number of aliphatic hydroxyl groups is 1. The van der Waals surface area contributed by atoms with E-state index in [0.717, 1.165) is 5.56 Å². The van der Waals surface area contributed by atoms with Gasteiger partial charge in [0.1, 0.15) is 6.61 Å². The van der Waals surface area contributed by atoms with Crippen molar-refractivity contribution in [3.05, 3.63) is 70.7 Å². The van der Waals surface area contributed by atoms with Crippen LogP contribution in [0, 0.1) is 5.92 Å². The van der Waals surface area contributed by atoms with Gasteiger partial charge in [0.2, 0.25) is 5.91 Å². The quantitative estimate of drug-likeness (QED) is 0.778. The zero-order valence-corrected chi connectivity index (χ0v) is 15.7. The summed E-state index contributed by atoms with van der Waals surface area (Å²) < 4.78 is 46.0. The van der Waals surface area contributed by atoms with Crippen molar-refractivity contribution in [3.8, 4) is 0 Å². The Kier molecular flexibility index (Phi) is 6.14. The van der Waals surface area contributed by atoms with Gasteiger partial charge < -0.3 is 9.84 Å². The van der Waals surface area contributed by atoms with E-state index in [9.17, 15) is 27.9 Å². The molecule has 5 nitrogen and oxygen atoms in total. The summed E-state index contributed by atoms with van der Waals surface area (Å²) >= 11 is 5.73. The largest absolute Gasteiger partial charge is 0.447 e. The van der Waals surface area contributed by atoms with Crippen LogP contribution in [0.2, 0.25) is 5.02 Å². The number of aliphatic hydroxyl groups excluding tert-OH is 1. The molecule has 1 aliphatic heterocycles. The zero-order valence-electron chi connectivity index (χ0n) is 15.0. The molecule has 0 saturated carbocycles. The Hall–Kier alpha value is -2.58. The lowest BCUT2D eigenvalue weighted by Crippen LogP contribution is -2.49. The first-order chi connectivity index (χ1) is 13.7. The van der Waals surface area contributed by atoms with Crippen molar-refractivity contribution in [1.82, 2.24) is 4.90 Å². The third kappa shape index (κ3) is 4.71. The predicted molar refractivity (Wildman–Crippen MR) is 98.1 cm³/mol. The fourth-order valence-electron chi connectivity index (χ4n) is 3.22. The summed E-state index contributed by atoms with van der Waals surface area (Å²) in [6.45, 7) is -0.221. The van der Waals surface area contributed by atoms with Crippen LogP contribution < -0.4 is 0 Å². The Morgan fingerprint density at radius 2 is 1.79 bits per heavy atom. The number of rotatable bonds is 5. The summed E-state index contributed by atoms with van der Waals surface area (Å²) in [5.41, 5.74) is 0.590. The second-order valence-electron chi connectivity index (χ2n) is 6.64.